The molecule has 6 rings (SSSR count). The van der Waals surface area contributed by atoms with Crippen molar-refractivity contribution in [1.82, 2.24) is 0 Å². The zero-order valence-corrected chi connectivity index (χ0v) is 19.0. The van der Waals surface area contributed by atoms with Gasteiger partial charge in [-0.25, -0.2) is 0 Å². The molecule has 1 aliphatic carbocycles. The number of rotatable bonds is 3. The molecule has 0 nitrogen and oxygen atoms in total. The second-order valence-electron chi connectivity index (χ2n) is 8.59. The lowest BCUT2D eigenvalue weighted by molar-refractivity contribution is 0.998. The summed E-state index contributed by atoms with van der Waals surface area (Å²) in [6.45, 7) is 0. The van der Waals surface area contributed by atoms with Crippen LogP contribution in [0.1, 0.15) is 17.5 Å². The van der Waals surface area contributed by atoms with Gasteiger partial charge in [0.2, 0.25) is 0 Å². The summed E-state index contributed by atoms with van der Waals surface area (Å²) in [5.74, 6) is 0. The van der Waals surface area contributed by atoms with Crippen LogP contribution in [0.5, 0.6) is 0 Å². The highest BCUT2D eigenvalue weighted by molar-refractivity contribution is 6.30. The molecule has 0 unspecified atom stereocenters. The maximum atomic E-state index is 6.31. The summed E-state index contributed by atoms with van der Waals surface area (Å²) in [4.78, 5) is 0. The van der Waals surface area contributed by atoms with Crippen molar-refractivity contribution in [2.75, 3.05) is 0 Å². The maximum absolute atomic E-state index is 6.31. The molecule has 0 spiro atoms. The van der Waals surface area contributed by atoms with Crippen molar-refractivity contribution in [1.29, 1.82) is 0 Å². The number of hydrogen-bond donors (Lipinski definition) is 0. The van der Waals surface area contributed by atoms with Gasteiger partial charge in [0.25, 0.3) is 0 Å². The average molecular weight is 443 g/mol. The van der Waals surface area contributed by atoms with E-state index in [4.69, 9.17) is 11.6 Å². The zero-order valence-electron chi connectivity index (χ0n) is 18.3. The van der Waals surface area contributed by atoms with Gasteiger partial charge in [-0.3, -0.25) is 0 Å². The van der Waals surface area contributed by atoms with E-state index in [1.54, 1.807) is 0 Å². The molecule has 1 heteroatoms. The normalized spacial score (nSPS) is 12.6. The van der Waals surface area contributed by atoms with E-state index in [9.17, 15) is 0 Å². The molecule has 0 heterocycles. The number of halogens is 1. The molecule has 0 aromatic heterocycles. The van der Waals surface area contributed by atoms with Crippen LogP contribution in [0.3, 0.4) is 0 Å². The second kappa shape index (κ2) is 8.39. The smallest absolute Gasteiger partial charge is 0.0412 e. The molecule has 158 valence electrons. The second-order valence-corrected chi connectivity index (χ2v) is 9.02. The van der Waals surface area contributed by atoms with Crippen molar-refractivity contribution in [3.05, 3.63) is 125 Å². The zero-order chi connectivity index (χ0) is 22.2. The summed E-state index contributed by atoms with van der Waals surface area (Å²) in [6.07, 6.45) is 6.82. The molecule has 0 atom stereocenters. The Morgan fingerprint density at radius 2 is 1.21 bits per heavy atom. The van der Waals surface area contributed by atoms with Gasteiger partial charge in [-0.1, -0.05) is 109 Å². The molecule has 0 N–H and O–H groups in total. The number of hydrogen-bond acceptors (Lipinski definition) is 0. The summed E-state index contributed by atoms with van der Waals surface area (Å²) in [5, 5.41) is 3.43. The van der Waals surface area contributed by atoms with Crippen molar-refractivity contribution in [2.45, 2.75) is 12.8 Å². The van der Waals surface area contributed by atoms with E-state index in [0.717, 1.165) is 23.4 Å². The Labute approximate surface area is 199 Å². The van der Waals surface area contributed by atoms with Crippen molar-refractivity contribution >= 4 is 28.4 Å². The van der Waals surface area contributed by atoms with Gasteiger partial charge in [0.05, 0.1) is 0 Å². The molecular weight excluding hydrogens is 420 g/mol. The van der Waals surface area contributed by atoms with Crippen molar-refractivity contribution < 1.29 is 0 Å². The third-order valence-corrected chi connectivity index (χ3v) is 6.82. The fourth-order valence-corrected chi connectivity index (χ4v) is 5.33. The van der Waals surface area contributed by atoms with Crippen LogP contribution in [0, 0.1) is 0 Å². The molecule has 0 amide bonds. The molecule has 0 bridgehead atoms. The summed E-state index contributed by atoms with van der Waals surface area (Å²) in [6, 6.07) is 36.7. The minimum absolute atomic E-state index is 0.757. The Morgan fingerprint density at radius 3 is 2.03 bits per heavy atom. The lowest BCUT2D eigenvalue weighted by atomic mass is 9.80. The third kappa shape index (κ3) is 3.57. The van der Waals surface area contributed by atoms with Crippen LogP contribution >= 0.6 is 11.6 Å². The first-order chi connectivity index (χ1) is 16.3. The van der Waals surface area contributed by atoms with Crippen molar-refractivity contribution in [3.8, 4) is 33.4 Å². The predicted molar refractivity (Wildman–Crippen MR) is 143 cm³/mol. The lowest BCUT2D eigenvalue weighted by Crippen LogP contribution is -2.01. The Kier molecular flexibility index (Phi) is 5.09. The van der Waals surface area contributed by atoms with Gasteiger partial charge in [0.15, 0.2) is 0 Å². The van der Waals surface area contributed by atoms with Crippen LogP contribution in [0.2, 0.25) is 5.02 Å². The molecule has 5 aromatic carbocycles. The molecule has 0 fully saturated rings. The van der Waals surface area contributed by atoms with Gasteiger partial charge in [0.1, 0.15) is 0 Å². The van der Waals surface area contributed by atoms with Gasteiger partial charge < -0.3 is 0 Å². The summed E-state index contributed by atoms with van der Waals surface area (Å²) in [7, 11) is 0. The summed E-state index contributed by atoms with van der Waals surface area (Å²) in [5.41, 5.74) is 10.2. The van der Waals surface area contributed by atoms with Gasteiger partial charge in [-0.2, -0.15) is 0 Å². The monoisotopic (exact) mass is 442 g/mol. The minimum atomic E-state index is 0.757. The Hall–Kier alpha value is -3.61. The molecule has 1 aliphatic rings. The first-order valence-corrected chi connectivity index (χ1v) is 11.8. The lowest BCUT2D eigenvalue weighted by Gasteiger charge is -2.24. The van der Waals surface area contributed by atoms with Gasteiger partial charge in [-0.05, 0) is 86.3 Å². The first kappa shape index (κ1) is 20.0. The van der Waals surface area contributed by atoms with E-state index in [2.05, 4.69) is 97.1 Å². The first-order valence-electron chi connectivity index (χ1n) is 11.5. The van der Waals surface area contributed by atoms with E-state index >= 15 is 0 Å². The number of aryl methyl sites for hydroxylation is 1. The quantitative estimate of drug-likeness (QED) is 0.261. The molecular formula is C32H23Cl. The SMILES string of the molecule is Clc1cccc(-c2cccc(-c3c(-c4ccccc4)c4c(c5ccccc35)CCC=C4)c2)c1. The highest BCUT2D eigenvalue weighted by atomic mass is 35.5. The van der Waals surface area contributed by atoms with Gasteiger partial charge >= 0.3 is 0 Å². The molecule has 0 saturated heterocycles. The van der Waals surface area contributed by atoms with E-state index in [1.807, 2.05) is 18.2 Å². The standard InChI is InChI=1S/C32H23Cl/c33-26-15-9-13-24(21-26)23-12-8-14-25(20-23)32-30-19-7-5-17-28(30)27-16-4-6-18-29(27)31(32)22-10-2-1-3-11-22/h1-3,5-15,17-21H,4,16H2. The summed E-state index contributed by atoms with van der Waals surface area (Å²) >= 11 is 6.31. The van der Waals surface area contributed by atoms with Crippen LogP contribution in [0.4, 0.5) is 0 Å². The third-order valence-electron chi connectivity index (χ3n) is 6.58. The Morgan fingerprint density at radius 1 is 0.545 bits per heavy atom. The Bertz CT molecular complexity index is 1510. The maximum Gasteiger partial charge on any atom is 0.0412 e. The van der Waals surface area contributed by atoms with E-state index in [-0.39, 0.29) is 0 Å². The fourth-order valence-electron chi connectivity index (χ4n) is 5.14. The highest BCUT2D eigenvalue weighted by Crippen LogP contribution is 2.45. The van der Waals surface area contributed by atoms with E-state index < -0.39 is 0 Å². The van der Waals surface area contributed by atoms with Crippen LogP contribution < -0.4 is 0 Å². The molecule has 33 heavy (non-hydrogen) atoms. The summed E-state index contributed by atoms with van der Waals surface area (Å²) < 4.78 is 0. The molecule has 0 radical (unpaired) electrons. The molecule has 0 saturated carbocycles. The van der Waals surface area contributed by atoms with Crippen molar-refractivity contribution in [3.63, 3.8) is 0 Å². The number of allylic oxidation sites excluding steroid dienone is 1. The predicted octanol–water partition coefficient (Wildman–Crippen LogP) is 9.45. The van der Waals surface area contributed by atoms with E-state index in [0.29, 0.717) is 0 Å². The number of benzene rings is 5. The number of fused-ring (bicyclic) bond motifs is 3. The van der Waals surface area contributed by atoms with Gasteiger partial charge in [0, 0.05) is 5.02 Å². The van der Waals surface area contributed by atoms with Crippen LogP contribution in [0.15, 0.2) is 109 Å². The average Bonchev–Trinajstić information content (AvgIpc) is 2.88. The highest BCUT2D eigenvalue weighted by Gasteiger charge is 2.21. The van der Waals surface area contributed by atoms with E-state index in [1.165, 1.54) is 49.7 Å². The van der Waals surface area contributed by atoms with Crippen LogP contribution in [0.25, 0.3) is 50.2 Å². The molecule has 0 aliphatic heterocycles. The largest absolute Gasteiger partial charge is 0.0843 e. The van der Waals surface area contributed by atoms with Gasteiger partial charge in [-0.15, -0.1) is 0 Å². The van der Waals surface area contributed by atoms with Crippen LogP contribution in [-0.2, 0) is 6.42 Å². The van der Waals surface area contributed by atoms with Crippen molar-refractivity contribution in [2.24, 2.45) is 0 Å². The van der Waals surface area contributed by atoms with Crippen LogP contribution in [-0.4, -0.2) is 0 Å². The Balaban J connectivity index is 1.70. The minimum Gasteiger partial charge on any atom is -0.0843 e. The topological polar surface area (TPSA) is 0 Å². The fraction of sp³-hybridized carbons (Fsp3) is 0.0625. The molecule has 5 aromatic rings.